The number of hydrogen-bond acceptors (Lipinski definition) is 4. The minimum absolute atomic E-state index is 0.355. The lowest BCUT2D eigenvalue weighted by Crippen LogP contribution is -2.44. The van der Waals surface area contributed by atoms with Gasteiger partial charge in [0.1, 0.15) is 0 Å². The average molecular weight is 254 g/mol. The zero-order chi connectivity index (χ0) is 11.1. The van der Waals surface area contributed by atoms with Crippen molar-refractivity contribution in [1.82, 2.24) is 4.90 Å². The maximum Gasteiger partial charge on any atom is 0.0285 e. The molecular formula is C12H18N2S2. The van der Waals surface area contributed by atoms with E-state index in [1.165, 1.54) is 18.1 Å². The lowest BCUT2D eigenvalue weighted by atomic mass is 9.88. The highest BCUT2D eigenvalue weighted by molar-refractivity contribution is 7.98. The highest BCUT2D eigenvalue weighted by Gasteiger charge is 2.28. The molecule has 3 heterocycles. The number of piperidine rings is 1. The van der Waals surface area contributed by atoms with E-state index in [2.05, 4.69) is 29.1 Å². The Labute approximate surface area is 105 Å². The smallest absolute Gasteiger partial charge is 0.0285 e. The SMILES string of the molecule is CN1CC(N)CC(c2csc3c2CSC3)C1. The minimum Gasteiger partial charge on any atom is -0.327 e. The molecule has 1 aromatic heterocycles. The summed E-state index contributed by atoms with van der Waals surface area (Å²) in [6.45, 7) is 2.24. The number of likely N-dealkylation sites (tertiary alicyclic amines) is 1. The maximum atomic E-state index is 6.12. The third-order valence-electron chi connectivity index (χ3n) is 3.60. The van der Waals surface area contributed by atoms with Gasteiger partial charge in [-0.3, -0.25) is 0 Å². The molecule has 0 aliphatic carbocycles. The van der Waals surface area contributed by atoms with Crippen LogP contribution in [-0.4, -0.2) is 31.1 Å². The molecule has 1 saturated heterocycles. The van der Waals surface area contributed by atoms with Crippen LogP contribution in [0.25, 0.3) is 0 Å². The largest absolute Gasteiger partial charge is 0.327 e. The zero-order valence-corrected chi connectivity index (χ0v) is 11.2. The Kier molecular flexibility index (Phi) is 3.00. The van der Waals surface area contributed by atoms with Crippen molar-refractivity contribution in [3.05, 3.63) is 21.4 Å². The second kappa shape index (κ2) is 4.33. The first-order valence-corrected chi connectivity index (χ1v) is 7.88. The summed E-state index contributed by atoms with van der Waals surface area (Å²) in [7, 11) is 2.19. The summed E-state index contributed by atoms with van der Waals surface area (Å²) >= 11 is 4.01. The van der Waals surface area contributed by atoms with Crippen molar-refractivity contribution < 1.29 is 0 Å². The van der Waals surface area contributed by atoms with Crippen molar-refractivity contribution in [2.24, 2.45) is 5.73 Å². The molecule has 2 aliphatic heterocycles. The van der Waals surface area contributed by atoms with Crippen molar-refractivity contribution in [3.8, 4) is 0 Å². The van der Waals surface area contributed by atoms with Gasteiger partial charge in [-0.05, 0) is 35.9 Å². The van der Waals surface area contributed by atoms with Gasteiger partial charge in [0.15, 0.2) is 0 Å². The fourth-order valence-corrected chi connectivity index (χ4v) is 5.46. The van der Waals surface area contributed by atoms with Crippen molar-refractivity contribution in [3.63, 3.8) is 0 Å². The molecular weight excluding hydrogens is 236 g/mol. The molecule has 0 radical (unpaired) electrons. The summed E-state index contributed by atoms with van der Waals surface area (Å²) in [6.07, 6.45) is 1.16. The first kappa shape index (κ1) is 11.1. The predicted molar refractivity (Wildman–Crippen MR) is 72.1 cm³/mol. The Morgan fingerprint density at radius 2 is 2.25 bits per heavy atom. The average Bonchev–Trinajstić information content (AvgIpc) is 2.75. The molecule has 2 nitrogen and oxygen atoms in total. The number of rotatable bonds is 1. The van der Waals surface area contributed by atoms with E-state index in [1.54, 1.807) is 16.0 Å². The third kappa shape index (κ3) is 1.92. The van der Waals surface area contributed by atoms with Gasteiger partial charge in [0.05, 0.1) is 0 Å². The van der Waals surface area contributed by atoms with E-state index in [4.69, 9.17) is 5.73 Å². The molecule has 2 aliphatic rings. The molecule has 0 spiro atoms. The van der Waals surface area contributed by atoms with E-state index in [-0.39, 0.29) is 0 Å². The highest BCUT2D eigenvalue weighted by Crippen LogP contribution is 2.41. The molecule has 1 aromatic rings. The topological polar surface area (TPSA) is 29.3 Å². The number of thiophene rings is 1. The summed E-state index contributed by atoms with van der Waals surface area (Å²) < 4.78 is 0. The number of likely N-dealkylation sites (N-methyl/N-ethyl adjacent to an activating group) is 1. The molecule has 0 aromatic carbocycles. The van der Waals surface area contributed by atoms with Crippen molar-refractivity contribution in [2.75, 3.05) is 20.1 Å². The van der Waals surface area contributed by atoms with Crippen LogP contribution < -0.4 is 5.73 Å². The molecule has 16 heavy (non-hydrogen) atoms. The first-order valence-electron chi connectivity index (χ1n) is 5.85. The third-order valence-corrected chi connectivity index (χ3v) is 5.81. The Bertz CT molecular complexity index is 378. The van der Waals surface area contributed by atoms with E-state index in [0.717, 1.165) is 13.0 Å². The number of fused-ring (bicyclic) bond motifs is 1. The van der Waals surface area contributed by atoms with Gasteiger partial charge in [-0.1, -0.05) is 0 Å². The van der Waals surface area contributed by atoms with Gasteiger partial charge in [-0.25, -0.2) is 0 Å². The van der Waals surface area contributed by atoms with Crippen LogP contribution in [0.2, 0.25) is 0 Å². The molecule has 88 valence electrons. The van der Waals surface area contributed by atoms with Crippen LogP contribution in [0.5, 0.6) is 0 Å². The fourth-order valence-electron chi connectivity index (χ4n) is 2.90. The second-order valence-electron chi connectivity index (χ2n) is 5.00. The summed E-state index contributed by atoms with van der Waals surface area (Å²) in [5, 5.41) is 2.39. The van der Waals surface area contributed by atoms with Gasteiger partial charge in [-0.15, -0.1) is 11.3 Å². The Morgan fingerprint density at radius 3 is 3.06 bits per heavy atom. The first-order chi connectivity index (χ1) is 7.74. The van der Waals surface area contributed by atoms with Crippen LogP contribution in [0.3, 0.4) is 0 Å². The molecule has 0 amide bonds. The van der Waals surface area contributed by atoms with Gasteiger partial charge in [-0.2, -0.15) is 11.8 Å². The summed E-state index contributed by atoms with van der Waals surface area (Å²) in [5.74, 6) is 3.13. The second-order valence-corrected chi connectivity index (χ2v) is 6.95. The van der Waals surface area contributed by atoms with E-state index in [9.17, 15) is 0 Å². The number of hydrogen-bond donors (Lipinski definition) is 1. The monoisotopic (exact) mass is 254 g/mol. The van der Waals surface area contributed by atoms with E-state index < -0.39 is 0 Å². The standard InChI is InChI=1S/C12H18N2S2/c1-14-3-8(2-9(13)4-14)10-6-16-12-7-15-5-11(10)12/h6,8-9H,2-5,7,13H2,1H3. The maximum absolute atomic E-state index is 6.12. The van der Waals surface area contributed by atoms with Gasteiger partial charge < -0.3 is 10.6 Å². The lowest BCUT2D eigenvalue weighted by Gasteiger charge is -2.34. The fraction of sp³-hybridized carbons (Fsp3) is 0.667. The van der Waals surface area contributed by atoms with Gasteiger partial charge >= 0.3 is 0 Å². The molecule has 2 unspecified atom stereocenters. The van der Waals surface area contributed by atoms with E-state index in [1.807, 2.05) is 11.3 Å². The van der Waals surface area contributed by atoms with Crippen molar-refractivity contribution in [1.29, 1.82) is 0 Å². The van der Waals surface area contributed by atoms with Crippen molar-refractivity contribution in [2.45, 2.75) is 29.9 Å². The molecule has 2 atom stereocenters. The van der Waals surface area contributed by atoms with E-state index >= 15 is 0 Å². The molecule has 0 bridgehead atoms. The Balaban J connectivity index is 1.86. The van der Waals surface area contributed by atoms with E-state index in [0.29, 0.717) is 12.0 Å². The van der Waals surface area contributed by atoms with Crippen LogP contribution in [0.15, 0.2) is 5.38 Å². The lowest BCUT2D eigenvalue weighted by molar-refractivity contribution is 0.227. The molecule has 3 rings (SSSR count). The van der Waals surface area contributed by atoms with Crippen LogP contribution in [-0.2, 0) is 11.5 Å². The molecule has 0 saturated carbocycles. The predicted octanol–water partition coefficient (Wildman–Crippen LogP) is 2.24. The quantitative estimate of drug-likeness (QED) is 0.833. The molecule has 1 fully saturated rings. The Morgan fingerprint density at radius 1 is 1.38 bits per heavy atom. The van der Waals surface area contributed by atoms with Crippen LogP contribution >= 0.6 is 23.1 Å². The van der Waals surface area contributed by atoms with Crippen LogP contribution in [0.4, 0.5) is 0 Å². The summed E-state index contributed by atoms with van der Waals surface area (Å²) in [4.78, 5) is 3.99. The van der Waals surface area contributed by atoms with Gasteiger partial charge in [0.2, 0.25) is 0 Å². The Hall–Kier alpha value is -0.0300. The van der Waals surface area contributed by atoms with Crippen molar-refractivity contribution >= 4 is 23.1 Å². The van der Waals surface area contributed by atoms with Gasteiger partial charge in [0, 0.05) is 35.5 Å². The normalized spacial score (nSPS) is 30.6. The summed E-state index contributed by atoms with van der Waals surface area (Å²) in [6, 6.07) is 0.355. The number of thioether (sulfide) groups is 1. The highest BCUT2D eigenvalue weighted by atomic mass is 32.2. The minimum atomic E-state index is 0.355. The number of nitrogens with zero attached hydrogens (tertiary/aromatic N) is 1. The van der Waals surface area contributed by atoms with Crippen LogP contribution in [0.1, 0.15) is 28.3 Å². The number of nitrogens with two attached hydrogens (primary N) is 1. The summed E-state index contributed by atoms with van der Waals surface area (Å²) in [5.41, 5.74) is 9.37. The molecule has 2 N–H and O–H groups in total. The zero-order valence-electron chi connectivity index (χ0n) is 9.61. The van der Waals surface area contributed by atoms with Gasteiger partial charge in [0.25, 0.3) is 0 Å². The van der Waals surface area contributed by atoms with Crippen LogP contribution in [0, 0.1) is 0 Å². The molecule has 4 heteroatoms.